The van der Waals surface area contributed by atoms with Crippen molar-refractivity contribution in [2.24, 2.45) is 5.14 Å². The monoisotopic (exact) mass is 491 g/mol. The number of hydrogen-bond donors (Lipinski definition) is 3. The summed E-state index contributed by atoms with van der Waals surface area (Å²) in [5, 5.41) is 7.58. The number of anilines is 2. The standard InChI is InChI=1S/C21H21N3O7S2/c1-30-16-8-12-18(13-9-16)33(28,29)24-19-4-2-3-5-20(19)31-14-21(25)23-15-6-10-17(11-7-15)32(22,26)27/h2-13,24H,14H2,1H3,(H,23,25)(H2,22,26,27). The predicted molar refractivity (Wildman–Crippen MR) is 122 cm³/mol. The van der Waals surface area contributed by atoms with Crippen LogP contribution in [0.4, 0.5) is 11.4 Å². The molecule has 10 nitrogen and oxygen atoms in total. The number of carbonyl (C=O) groups is 1. The van der Waals surface area contributed by atoms with Crippen molar-refractivity contribution in [1.82, 2.24) is 0 Å². The topological polar surface area (TPSA) is 154 Å². The maximum absolute atomic E-state index is 12.7. The van der Waals surface area contributed by atoms with Gasteiger partial charge in [-0.25, -0.2) is 22.0 Å². The third-order valence-corrected chi connectivity index (χ3v) is 6.64. The number of sulfonamides is 2. The Bertz CT molecular complexity index is 1340. The highest BCUT2D eigenvalue weighted by molar-refractivity contribution is 7.92. The molecule has 0 fully saturated rings. The number of benzene rings is 3. The molecule has 0 aliphatic heterocycles. The molecule has 3 rings (SSSR count). The smallest absolute Gasteiger partial charge is 0.262 e. The molecule has 12 heteroatoms. The van der Waals surface area contributed by atoms with Crippen LogP contribution < -0.4 is 24.7 Å². The van der Waals surface area contributed by atoms with Crippen LogP contribution in [0.2, 0.25) is 0 Å². The first kappa shape index (κ1) is 24.0. The van der Waals surface area contributed by atoms with E-state index in [1.54, 1.807) is 12.1 Å². The molecule has 0 heterocycles. The highest BCUT2D eigenvalue weighted by Crippen LogP contribution is 2.27. The number of para-hydroxylation sites is 2. The Kier molecular flexibility index (Phi) is 7.21. The molecular weight excluding hydrogens is 470 g/mol. The minimum atomic E-state index is -3.91. The number of hydrogen-bond acceptors (Lipinski definition) is 7. The minimum Gasteiger partial charge on any atom is -0.497 e. The van der Waals surface area contributed by atoms with Gasteiger partial charge in [0.2, 0.25) is 10.0 Å². The second-order valence-electron chi connectivity index (χ2n) is 6.68. The summed E-state index contributed by atoms with van der Waals surface area (Å²) in [5.41, 5.74) is 0.489. The number of ether oxygens (including phenoxy) is 2. The number of methoxy groups -OCH3 is 1. The van der Waals surface area contributed by atoms with E-state index >= 15 is 0 Å². The third-order valence-electron chi connectivity index (χ3n) is 4.33. The van der Waals surface area contributed by atoms with Crippen molar-refractivity contribution < 1.29 is 31.1 Å². The van der Waals surface area contributed by atoms with Crippen LogP contribution in [0.25, 0.3) is 0 Å². The van der Waals surface area contributed by atoms with Gasteiger partial charge in [0.1, 0.15) is 11.5 Å². The van der Waals surface area contributed by atoms with E-state index in [0.717, 1.165) is 0 Å². The number of nitrogens with two attached hydrogens (primary N) is 1. The predicted octanol–water partition coefficient (Wildman–Crippen LogP) is 2.16. The Morgan fingerprint density at radius 3 is 2.09 bits per heavy atom. The van der Waals surface area contributed by atoms with Crippen LogP contribution in [0.1, 0.15) is 0 Å². The van der Waals surface area contributed by atoms with Gasteiger partial charge in [0.05, 0.1) is 22.6 Å². The molecule has 0 radical (unpaired) electrons. The summed E-state index contributed by atoms with van der Waals surface area (Å²) in [7, 11) is -6.27. The SMILES string of the molecule is COc1ccc(S(=O)(=O)Nc2ccccc2OCC(=O)Nc2ccc(S(N)(=O)=O)cc2)cc1. The van der Waals surface area contributed by atoms with Gasteiger partial charge in [-0.1, -0.05) is 12.1 Å². The van der Waals surface area contributed by atoms with Gasteiger partial charge in [0.25, 0.3) is 15.9 Å². The largest absolute Gasteiger partial charge is 0.497 e. The Balaban J connectivity index is 1.66. The van der Waals surface area contributed by atoms with E-state index in [0.29, 0.717) is 11.4 Å². The van der Waals surface area contributed by atoms with Gasteiger partial charge in [-0.3, -0.25) is 9.52 Å². The van der Waals surface area contributed by atoms with E-state index in [2.05, 4.69) is 10.0 Å². The summed E-state index contributed by atoms with van der Waals surface area (Å²) in [4.78, 5) is 12.2. The number of rotatable bonds is 9. The summed E-state index contributed by atoms with van der Waals surface area (Å²) < 4.78 is 60.9. The van der Waals surface area contributed by atoms with E-state index in [1.807, 2.05) is 0 Å². The fraction of sp³-hybridized carbons (Fsp3) is 0.0952. The van der Waals surface area contributed by atoms with Gasteiger partial charge in [-0.05, 0) is 60.7 Å². The first-order valence-corrected chi connectivity index (χ1v) is 12.4. The first-order valence-electron chi connectivity index (χ1n) is 9.40. The van der Waals surface area contributed by atoms with Crippen LogP contribution >= 0.6 is 0 Å². The molecule has 0 aromatic heterocycles. The second-order valence-corrected chi connectivity index (χ2v) is 9.93. The van der Waals surface area contributed by atoms with Gasteiger partial charge >= 0.3 is 0 Å². The molecular formula is C21H21N3O7S2. The maximum atomic E-state index is 12.7. The molecule has 33 heavy (non-hydrogen) atoms. The summed E-state index contributed by atoms with van der Waals surface area (Å²) in [5.74, 6) is 0.128. The zero-order chi connectivity index (χ0) is 24.1. The molecule has 0 unspecified atom stereocenters. The van der Waals surface area contributed by atoms with Crippen molar-refractivity contribution in [3.63, 3.8) is 0 Å². The van der Waals surface area contributed by atoms with Crippen molar-refractivity contribution >= 4 is 37.3 Å². The van der Waals surface area contributed by atoms with E-state index in [4.69, 9.17) is 14.6 Å². The quantitative estimate of drug-likeness (QED) is 0.414. The zero-order valence-electron chi connectivity index (χ0n) is 17.4. The van der Waals surface area contributed by atoms with Gasteiger partial charge < -0.3 is 14.8 Å². The summed E-state index contributed by atoms with van der Waals surface area (Å²) in [6.07, 6.45) is 0. The second kappa shape index (κ2) is 9.90. The average molecular weight is 492 g/mol. The molecule has 1 amide bonds. The third kappa shape index (κ3) is 6.44. The first-order chi connectivity index (χ1) is 15.6. The Morgan fingerprint density at radius 1 is 0.879 bits per heavy atom. The van der Waals surface area contributed by atoms with Crippen molar-refractivity contribution in [2.75, 3.05) is 23.8 Å². The maximum Gasteiger partial charge on any atom is 0.262 e. The van der Waals surface area contributed by atoms with Gasteiger partial charge in [-0.15, -0.1) is 0 Å². The minimum absolute atomic E-state index is 0.0267. The zero-order valence-corrected chi connectivity index (χ0v) is 19.0. The lowest BCUT2D eigenvalue weighted by atomic mass is 10.3. The van der Waals surface area contributed by atoms with Crippen LogP contribution in [0, 0.1) is 0 Å². The highest BCUT2D eigenvalue weighted by Gasteiger charge is 2.17. The summed E-state index contributed by atoms with van der Waals surface area (Å²) in [6.45, 7) is -0.418. The van der Waals surface area contributed by atoms with E-state index in [9.17, 15) is 21.6 Å². The number of primary sulfonamides is 1. The lowest BCUT2D eigenvalue weighted by molar-refractivity contribution is -0.118. The Labute approximate surface area is 191 Å². The van der Waals surface area contributed by atoms with Gasteiger partial charge in [-0.2, -0.15) is 0 Å². The van der Waals surface area contributed by atoms with Gasteiger partial charge in [0, 0.05) is 5.69 Å². The van der Waals surface area contributed by atoms with Crippen molar-refractivity contribution in [2.45, 2.75) is 9.79 Å². The van der Waals surface area contributed by atoms with Crippen molar-refractivity contribution in [1.29, 1.82) is 0 Å². The Morgan fingerprint density at radius 2 is 1.48 bits per heavy atom. The molecule has 0 spiro atoms. The Hall–Kier alpha value is -3.61. The molecule has 0 saturated heterocycles. The van der Waals surface area contributed by atoms with Crippen LogP contribution in [0.5, 0.6) is 11.5 Å². The van der Waals surface area contributed by atoms with Crippen molar-refractivity contribution in [3.8, 4) is 11.5 Å². The molecule has 3 aromatic rings. The molecule has 0 aliphatic carbocycles. The molecule has 4 N–H and O–H groups in total. The molecule has 3 aromatic carbocycles. The average Bonchev–Trinajstić information content (AvgIpc) is 2.78. The number of nitrogens with one attached hydrogen (secondary N) is 2. The molecule has 174 valence electrons. The van der Waals surface area contributed by atoms with Crippen molar-refractivity contribution in [3.05, 3.63) is 72.8 Å². The van der Waals surface area contributed by atoms with Crippen LogP contribution in [-0.2, 0) is 24.8 Å². The number of amides is 1. The van der Waals surface area contributed by atoms with Crippen LogP contribution in [-0.4, -0.2) is 36.5 Å². The number of carbonyl (C=O) groups excluding carboxylic acids is 1. The molecule has 0 atom stereocenters. The lowest BCUT2D eigenvalue weighted by Crippen LogP contribution is -2.21. The lowest BCUT2D eigenvalue weighted by Gasteiger charge is -2.14. The highest BCUT2D eigenvalue weighted by atomic mass is 32.2. The van der Waals surface area contributed by atoms with E-state index in [-0.39, 0.29) is 21.2 Å². The molecule has 0 aliphatic rings. The van der Waals surface area contributed by atoms with E-state index in [1.165, 1.54) is 67.8 Å². The fourth-order valence-electron chi connectivity index (χ4n) is 2.70. The van der Waals surface area contributed by atoms with Gasteiger partial charge in [0.15, 0.2) is 6.61 Å². The summed E-state index contributed by atoms with van der Waals surface area (Å²) in [6, 6.07) is 17.4. The van der Waals surface area contributed by atoms with Crippen LogP contribution in [0.3, 0.4) is 0 Å². The normalized spacial score (nSPS) is 11.5. The summed E-state index contributed by atoms with van der Waals surface area (Å²) >= 11 is 0. The molecule has 0 bridgehead atoms. The molecule has 0 saturated carbocycles. The fourth-order valence-corrected chi connectivity index (χ4v) is 4.29. The van der Waals surface area contributed by atoms with E-state index < -0.39 is 32.6 Å². The van der Waals surface area contributed by atoms with Crippen LogP contribution in [0.15, 0.2) is 82.6 Å².